The number of fused-ring (bicyclic) bond motifs is 1. The molecule has 0 unspecified atom stereocenters. The number of carbonyl (C=O) groups is 1. The number of aromatic nitrogens is 1. The van der Waals surface area contributed by atoms with Crippen LogP contribution in [0, 0.1) is 0 Å². The Morgan fingerprint density at radius 3 is 3.00 bits per heavy atom. The summed E-state index contributed by atoms with van der Waals surface area (Å²) in [6.07, 6.45) is 0. The minimum absolute atomic E-state index is 0.105. The van der Waals surface area contributed by atoms with E-state index >= 15 is 0 Å². The van der Waals surface area contributed by atoms with Crippen LogP contribution in [0.25, 0.3) is 9.78 Å². The molecule has 62 valence electrons. The summed E-state index contributed by atoms with van der Waals surface area (Å²) in [5, 5.41) is 9.05. The van der Waals surface area contributed by atoms with Crippen molar-refractivity contribution in [2.24, 2.45) is 0 Å². The molecule has 0 saturated carbocycles. The molecule has 0 radical (unpaired) electrons. The molecule has 2 aromatic rings. The van der Waals surface area contributed by atoms with Crippen LogP contribution in [-0.2, 0) is 0 Å². The van der Waals surface area contributed by atoms with Gasteiger partial charge in [0, 0.05) is 0 Å². The first-order chi connectivity index (χ1) is 5.70. The molecule has 12 heavy (non-hydrogen) atoms. The first-order valence-corrected chi connectivity index (χ1v) is 5.40. The van der Waals surface area contributed by atoms with Crippen molar-refractivity contribution in [3.63, 3.8) is 0 Å². The van der Waals surface area contributed by atoms with Crippen molar-refractivity contribution < 1.29 is 9.90 Å². The fourth-order valence-corrected chi connectivity index (χ4v) is 3.15. The molecule has 0 amide bonds. The molecule has 0 aliphatic heterocycles. The maximum atomic E-state index is 10.6. The van der Waals surface area contributed by atoms with Gasteiger partial charge in [0.05, 0.1) is 0 Å². The summed E-state index contributed by atoms with van der Waals surface area (Å²) < 4.78 is 0.946. The molecule has 3 nitrogen and oxygen atoms in total. The van der Waals surface area contributed by atoms with Crippen molar-refractivity contribution >= 4 is 41.9 Å². The van der Waals surface area contributed by atoms with Gasteiger partial charge in [-0.2, -0.15) is 0 Å². The number of rotatable bonds is 1. The Morgan fingerprint density at radius 2 is 2.42 bits per heavy atom. The normalized spacial score (nSPS) is 10.8. The number of hydrogen-bond acceptors (Lipinski definition) is 1. The topological polar surface area (TPSA) is 53.1 Å². The summed E-state index contributed by atoms with van der Waals surface area (Å²) in [4.78, 5) is 15.4. The van der Waals surface area contributed by atoms with E-state index in [2.05, 4.69) is 4.98 Å². The number of carboxylic acids is 1. The summed E-state index contributed by atoms with van der Waals surface area (Å²) in [6, 6.07) is 1.87. The predicted molar refractivity (Wildman–Crippen MR) is 47.2 cm³/mol. The van der Waals surface area contributed by atoms with Crippen LogP contribution in [0.1, 0.15) is 10.5 Å². The van der Waals surface area contributed by atoms with Gasteiger partial charge in [0.15, 0.2) is 0 Å². The SMILES string of the molecule is O=C(O)c1[nH]c2cc[se]c2c1Cl. The van der Waals surface area contributed by atoms with Gasteiger partial charge < -0.3 is 0 Å². The Bertz CT molecular complexity index is 445. The second-order valence-electron chi connectivity index (χ2n) is 2.28. The van der Waals surface area contributed by atoms with E-state index in [9.17, 15) is 4.79 Å². The van der Waals surface area contributed by atoms with Gasteiger partial charge in [-0.1, -0.05) is 0 Å². The number of hydrogen-bond donors (Lipinski definition) is 2. The Labute approximate surface area is 78.7 Å². The molecule has 0 aliphatic rings. The summed E-state index contributed by atoms with van der Waals surface area (Å²) in [5.41, 5.74) is 0.949. The molecule has 2 heterocycles. The predicted octanol–water partition coefficient (Wildman–Crippen LogP) is 1.58. The summed E-state index contributed by atoms with van der Waals surface area (Å²) >= 11 is 6.02. The molecule has 2 aromatic heterocycles. The van der Waals surface area contributed by atoms with Crippen LogP contribution in [0.3, 0.4) is 0 Å². The van der Waals surface area contributed by atoms with Gasteiger partial charge in [0.2, 0.25) is 0 Å². The first-order valence-electron chi connectivity index (χ1n) is 3.18. The quantitative estimate of drug-likeness (QED) is 0.753. The third-order valence-corrected chi connectivity index (χ3v) is 4.14. The monoisotopic (exact) mass is 249 g/mol. The average Bonchev–Trinajstić information content (AvgIpc) is 2.53. The van der Waals surface area contributed by atoms with Crippen molar-refractivity contribution in [1.29, 1.82) is 0 Å². The Morgan fingerprint density at radius 1 is 1.67 bits per heavy atom. The molecule has 0 saturated heterocycles. The van der Waals surface area contributed by atoms with Gasteiger partial charge in [0.25, 0.3) is 0 Å². The minimum atomic E-state index is -1.00. The molecule has 0 aromatic carbocycles. The van der Waals surface area contributed by atoms with E-state index in [1.54, 1.807) is 0 Å². The molecule has 0 spiro atoms. The third-order valence-electron chi connectivity index (χ3n) is 1.56. The molecule has 0 bridgehead atoms. The third kappa shape index (κ3) is 1.00. The van der Waals surface area contributed by atoms with Crippen LogP contribution in [-0.4, -0.2) is 30.6 Å². The van der Waals surface area contributed by atoms with Gasteiger partial charge in [-0.05, 0) is 0 Å². The molecule has 2 N–H and O–H groups in total. The van der Waals surface area contributed by atoms with E-state index in [0.29, 0.717) is 5.02 Å². The van der Waals surface area contributed by atoms with Crippen molar-refractivity contribution in [3.05, 3.63) is 21.7 Å². The Balaban J connectivity index is 2.78. The standard InChI is InChI=1S/C7H4ClNO2Se/c8-4-5(7(10)11)9-3-1-2-12-6(3)4/h1-2,9H,(H,10,11). The average molecular weight is 249 g/mol. The molecule has 0 fully saturated rings. The molecule has 5 heteroatoms. The fraction of sp³-hybridized carbons (Fsp3) is 0. The second-order valence-corrected chi connectivity index (χ2v) is 4.58. The van der Waals surface area contributed by atoms with E-state index in [-0.39, 0.29) is 20.2 Å². The van der Waals surface area contributed by atoms with Gasteiger partial charge in [-0.15, -0.1) is 0 Å². The Kier molecular flexibility index (Phi) is 1.76. The second kappa shape index (κ2) is 2.66. The molecular weight excluding hydrogens is 244 g/mol. The van der Waals surface area contributed by atoms with Crippen LogP contribution in [0.5, 0.6) is 0 Å². The number of nitrogens with one attached hydrogen (secondary N) is 1. The van der Waals surface area contributed by atoms with Gasteiger partial charge in [-0.3, -0.25) is 0 Å². The number of halogens is 1. The van der Waals surface area contributed by atoms with E-state index in [4.69, 9.17) is 16.7 Å². The Hall–Kier alpha value is -0.701. The van der Waals surface area contributed by atoms with E-state index in [0.717, 1.165) is 9.78 Å². The van der Waals surface area contributed by atoms with Crippen molar-refractivity contribution in [1.82, 2.24) is 4.98 Å². The van der Waals surface area contributed by atoms with Crippen LogP contribution in [0.4, 0.5) is 0 Å². The van der Waals surface area contributed by atoms with E-state index in [1.807, 2.05) is 11.0 Å². The zero-order valence-electron chi connectivity index (χ0n) is 5.80. The fourth-order valence-electron chi connectivity index (χ4n) is 1.03. The van der Waals surface area contributed by atoms with Gasteiger partial charge in [-0.25, -0.2) is 0 Å². The summed E-state index contributed by atoms with van der Waals surface area (Å²) in [7, 11) is 0. The molecule has 2 rings (SSSR count). The number of aromatic carboxylic acids is 1. The van der Waals surface area contributed by atoms with Gasteiger partial charge >= 0.3 is 78.5 Å². The van der Waals surface area contributed by atoms with Crippen molar-refractivity contribution in [2.75, 3.05) is 0 Å². The van der Waals surface area contributed by atoms with E-state index in [1.165, 1.54) is 0 Å². The van der Waals surface area contributed by atoms with Crippen LogP contribution < -0.4 is 0 Å². The zero-order valence-corrected chi connectivity index (χ0v) is 8.27. The van der Waals surface area contributed by atoms with Crippen LogP contribution in [0.2, 0.25) is 5.02 Å². The van der Waals surface area contributed by atoms with Crippen molar-refractivity contribution in [3.8, 4) is 0 Å². The van der Waals surface area contributed by atoms with E-state index < -0.39 is 5.97 Å². The molecule has 0 atom stereocenters. The maximum absolute atomic E-state index is 10.6. The molecular formula is C7H4ClNO2Se. The molecule has 0 aliphatic carbocycles. The number of carboxylic acid groups (broad SMARTS) is 1. The summed E-state index contributed by atoms with van der Waals surface area (Å²) in [6.45, 7) is 0. The van der Waals surface area contributed by atoms with Crippen LogP contribution in [0.15, 0.2) is 11.0 Å². The van der Waals surface area contributed by atoms with Gasteiger partial charge in [0.1, 0.15) is 0 Å². The van der Waals surface area contributed by atoms with Crippen LogP contribution >= 0.6 is 11.6 Å². The summed E-state index contributed by atoms with van der Waals surface area (Å²) in [5.74, 6) is -1.00. The number of aromatic amines is 1. The van der Waals surface area contributed by atoms with Crippen molar-refractivity contribution in [2.45, 2.75) is 0 Å². The number of H-pyrrole nitrogens is 1. The zero-order chi connectivity index (χ0) is 8.72. The first kappa shape index (κ1) is 7.92.